The molecule has 1 amide bonds. The Morgan fingerprint density at radius 1 is 1.23 bits per heavy atom. The van der Waals surface area contributed by atoms with Gasteiger partial charge in [-0.15, -0.1) is 12.4 Å². The zero-order valence-corrected chi connectivity index (χ0v) is 15.6. The molecule has 0 radical (unpaired) electrons. The number of hydroxylamine groups is 2. The molecule has 1 aliphatic heterocycles. The van der Waals surface area contributed by atoms with E-state index in [9.17, 15) is 18.4 Å². The smallest absolute Gasteiger partial charge is 0.233 e. The molecule has 0 spiro atoms. The largest absolute Gasteiger partial charge is 0.285 e. The van der Waals surface area contributed by atoms with Crippen LogP contribution in [0.5, 0.6) is 0 Å². The highest BCUT2D eigenvalue weighted by Crippen LogP contribution is 2.25. The van der Waals surface area contributed by atoms with Gasteiger partial charge in [-0.1, -0.05) is 30.3 Å². The predicted molar refractivity (Wildman–Crippen MR) is 98.3 cm³/mol. The quantitative estimate of drug-likeness (QED) is 0.456. The first-order valence-electron chi connectivity index (χ1n) is 7.88. The van der Waals surface area contributed by atoms with Gasteiger partial charge in [0.1, 0.15) is 6.04 Å². The molecule has 1 N–H and O–H groups in total. The van der Waals surface area contributed by atoms with Crippen molar-refractivity contribution in [3.8, 4) is 0 Å². The molecule has 3 rings (SSSR count). The van der Waals surface area contributed by atoms with Crippen LogP contribution >= 0.6 is 12.4 Å². The van der Waals surface area contributed by atoms with E-state index in [1.807, 2.05) is 24.3 Å². The number of fused-ring (bicyclic) bond motifs is 1. The van der Waals surface area contributed by atoms with E-state index in [-0.39, 0.29) is 18.8 Å². The zero-order chi connectivity index (χ0) is 17.9. The van der Waals surface area contributed by atoms with Crippen molar-refractivity contribution in [3.05, 3.63) is 65.5 Å². The fraction of sp³-hybridized carbons (Fsp3) is 0.294. The third kappa shape index (κ3) is 4.39. The molecule has 1 atom stereocenters. The van der Waals surface area contributed by atoms with Crippen molar-refractivity contribution in [2.24, 2.45) is 0 Å². The maximum atomic E-state index is 12.9. The number of aromatic nitrogens is 1. The molecule has 1 aromatic heterocycles. The minimum Gasteiger partial charge on any atom is -0.285 e. The number of hydrogen-bond donors (Lipinski definition) is 1. The highest BCUT2D eigenvalue weighted by molar-refractivity contribution is 7.89. The molecule has 0 aliphatic carbocycles. The van der Waals surface area contributed by atoms with Crippen molar-refractivity contribution in [2.75, 3.05) is 12.3 Å². The molecule has 26 heavy (non-hydrogen) atoms. The topological polar surface area (TPSA) is 90.8 Å². The molecule has 1 unspecified atom stereocenters. The molecule has 7 nitrogen and oxygen atoms in total. The number of sulfonamides is 1. The molecule has 2 aromatic rings. The second kappa shape index (κ2) is 8.59. The number of nitrogens with zero attached hydrogens (tertiary/aromatic N) is 3. The summed E-state index contributed by atoms with van der Waals surface area (Å²) in [7, 11) is -3.68. The lowest BCUT2D eigenvalue weighted by atomic mass is 10.0. The first-order valence-corrected chi connectivity index (χ1v) is 9.49. The van der Waals surface area contributed by atoms with Gasteiger partial charge in [0, 0.05) is 25.5 Å². The van der Waals surface area contributed by atoms with E-state index < -0.39 is 21.8 Å². The summed E-state index contributed by atoms with van der Waals surface area (Å²) in [6.45, 7) is 0.677. The number of pyridine rings is 1. The van der Waals surface area contributed by atoms with Crippen LogP contribution in [0.4, 0.5) is 0 Å². The predicted octanol–water partition coefficient (Wildman–Crippen LogP) is 1.78. The maximum absolute atomic E-state index is 12.9. The fourth-order valence-corrected chi connectivity index (χ4v) is 4.64. The molecular weight excluding hydrogens is 378 g/mol. The van der Waals surface area contributed by atoms with E-state index >= 15 is 0 Å². The Morgan fingerprint density at radius 2 is 1.96 bits per heavy atom. The molecular formula is C17H20ClN3O4S. The van der Waals surface area contributed by atoms with Crippen LogP contribution in [0.1, 0.15) is 22.7 Å². The van der Waals surface area contributed by atoms with Crippen LogP contribution in [0.3, 0.4) is 0 Å². The third-order valence-electron chi connectivity index (χ3n) is 4.35. The summed E-state index contributed by atoms with van der Waals surface area (Å²) in [5, 5.41) is 10.2. The molecule has 9 heteroatoms. The molecule has 0 saturated heterocycles. The molecule has 140 valence electrons. The van der Waals surface area contributed by atoms with Crippen molar-refractivity contribution in [3.63, 3.8) is 0 Å². The maximum Gasteiger partial charge on any atom is 0.233 e. The van der Waals surface area contributed by atoms with Crippen molar-refractivity contribution in [2.45, 2.75) is 19.0 Å². The number of hydrogen-bond acceptors (Lipinski definition) is 5. The normalized spacial score (nSPS) is 15.4. The van der Waals surface area contributed by atoms with Crippen LogP contribution in [0, 0.1) is 0 Å². The van der Waals surface area contributed by atoms with E-state index in [4.69, 9.17) is 0 Å². The summed E-state index contributed by atoms with van der Waals surface area (Å²) >= 11 is 0. The Balaban J connectivity index is 0.00000243. The average Bonchev–Trinajstić information content (AvgIpc) is 2.66. The van der Waals surface area contributed by atoms with E-state index in [1.54, 1.807) is 18.3 Å². The summed E-state index contributed by atoms with van der Waals surface area (Å²) in [6, 6.07) is 9.99. The van der Waals surface area contributed by atoms with Crippen molar-refractivity contribution in [1.82, 2.24) is 14.4 Å². The van der Waals surface area contributed by atoms with Gasteiger partial charge in [-0.2, -0.15) is 4.31 Å². The molecule has 1 aromatic carbocycles. The summed E-state index contributed by atoms with van der Waals surface area (Å²) in [5.41, 5.74) is 2.58. The van der Waals surface area contributed by atoms with E-state index in [0.29, 0.717) is 30.1 Å². The first kappa shape index (κ1) is 20.3. The average molecular weight is 398 g/mol. The van der Waals surface area contributed by atoms with Crippen LogP contribution in [0.25, 0.3) is 0 Å². The summed E-state index contributed by atoms with van der Waals surface area (Å²) in [4.78, 5) is 14.9. The van der Waals surface area contributed by atoms with Gasteiger partial charge in [0.15, 0.2) is 0 Å². The first-order chi connectivity index (χ1) is 12.0. The van der Waals surface area contributed by atoms with Gasteiger partial charge in [-0.05, 0) is 29.2 Å². The summed E-state index contributed by atoms with van der Waals surface area (Å²) in [6.07, 6.45) is 3.83. The van der Waals surface area contributed by atoms with Gasteiger partial charge in [-0.25, -0.2) is 13.5 Å². The summed E-state index contributed by atoms with van der Waals surface area (Å²) < 4.78 is 27.1. The number of rotatable bonds is 6. The Hall–Kier alpha value is -2.00. The van der Waals surface area contributed by atoms with E-state index in [1.165, 1.54) is 10.5 Å². The van der Waals surface area contributed by atoms with Crippen LogP contribution in [0.15, 0.2) is 48.8 Å². The summed E-state index contributed by atoms with van der Waals surface area (Å²) in [5.74, 6) is -0.407. The highest BCUT2D eigenvalue weighted by Gasteiger charge is 2.32. The van der Waals surface area contributed by atoms with Crippen LogP contribution in [0.2, 0.25) is 0 Å². The molecule has 2 heterocycles. The standard InChI is InChI=1S/C17H19N3O4S.ClH/c21-13-20(22)17(15-6-3-8-18-10-15)12-25(23,24)19-9-7-14-4-1-2-5-16(14)11-19;/h1-6,8,10,13,17,22H,7,9,11-12H2;1H. The van der Waals surface area contributed by atoms with Gasteiger partial charge in [0.05, 0.1) is 5.75 Å². The number of amides is 1. The third-order valence-corrected chi connectivity index (χ3v) is 6.19. The Labute approximate surface area is 158 Å². The second-order valence-corrected chi connectivity index (χ2v) is 7.93. The fourth-order valence-electron chi connectivity index (χ4n) is 2.98. The van der Waals surface area contributed by atoms with Gasteiger partial charge < -0.3 is 0 Å². The monoisotopic (exact) mass is 397 g/mol. The molecule has 1 aliphatic rings. The zero-order valence-electron chi connectivity index (χ0n) is 13.9. The van der Waals surface area contributed by atoms with Crippen LogP contribution in [-0.2, 0) is 27.8 Å². The molecule has 0 bridgehead atoms. The van der Waals surface area contributed by atoms with Crippen molar-refractivity contribution < 1.29 is 18.4 Å². The van der Waals surface area contributed by atoms with Crippen molar-refractivity contribution in [1.29, 1.82) is 0 Å². The molecule has 0 saturated carbocycles. The lowest BCUT2D eigenvalue weighted by molar-refractivity contribution is -0.159. The number of carbonyl (C=O) groups excluding carboxylic acids is 1. The number of benzene rings is 1. The number of halogens is 1. The van der Waals surface area contributed by atoms with Gasteiger partial charge in [0.25, 0.3) is 0 Å². The van der Waals surface area contributed by atoms with Gasteiger partial charge >= 0.3 is 0 Å². The minimum atomic E-state index is -3.68. The van der Waals surface area contributed by atoms with E-state index in [2.05, 4.69) is 4.98 Å². The SMILES string of the molecule is Cl.O=CN(O)C(CS(=O)(=O)N1CCc2ccccc2C1)c1cccnc1. The van der Waals surface area contributed by atoms with Gasteiger partial charge in [-0.3, -0.25) is 15.0 Å². The highest BCUT2D eigenvalue weighted by atomic mass is 35.5. The van der Waals surface area contributed by atoms with Gasteiger partial charge in [0.2, 0.25) is 16.4 Å². The Bertz CT molecular complexity index is 848. The Morgan fingerprint density at radius 3 is 2.62 bits per heavy atom. The second-order valence-electron chi connectivity index (χ2n) is 5.92. The minimum absolute atomic E-state index is 0. The molecule has 0 fully saturated rings. The van der Waals surface area contributed by atoms with Crippen LogP contribution in [-0.4, -0.2) is 46.7 Å². The number of carbonyl (C=O) groups is 1. The Kier molecular flexibility index (Phi) is 6.71. The van der Waals surface area contributed by atoms with Crippen molar-refractivity contribution >= 4 is 28.8 Å². The lowest BCUT2D eigenvalue weighted by Gasteiger charge is -2.30. The van der Waals surface area contributed by atoms with Crippen LogP contribution < -0.4 is 0 Å². The van der Waals surface area contributed by atoms with E-state index in [0.717, 1.165) is 11.1 Å². The lowest BCUT2D eigenvalue weighted by Crippen LogP contribution is -2.41.